The van der Waals surface area contributed by atoms with E-state index in [1.165, 1.54) is 16.2 Å². The summed E-state index contributed by atoms with van der Waals surface area (Å²) in [5, 5.41) is 10.4. The van der Waals surface area contributed by atoms with Crippen molar-refractivity contribution in [3.8, 4) is 11.8 Å². The SMILES string of the molecule is Cc1ccc2c(c1)OC(=O)[C@@H]1C2=C[C@H](c2ccccc2)[C@@H]2C(=O)N(c3sc4c(c3C#N)CCC4)C(=O)[C@H]12. The number of aryl methyl sites for hydroxylation is 2. The number of benzene rings is 2. The van der Waals surface area contributed by atoms with Gasteiger partial charge in [-0.2, -0.15) is 5.26 Å². The normalized spacial score (nSPS) is 25.6. The van der Waals surface area contributed by atoms with Crippen LogP contribution in [0.5, 0.6) is 5.75 Å². The van der Waals surface area contributed by atoms with E-state index in [4.69, 9.17) is 4.74 Å². The average Bonchev–Trinajstić information content (AvgIpc) is 3.55. The standard InChI is InChI=1S/C30H22N2O4S/c1-15-10-11-17-20-13-19(16-6-3-2-4-7-16)24-26(25(20)30(35)36-22(17)12-15)28(34)32(27(24)33)29-21(14-31)18-8-5-9-23(18)37-29/h2-4,6-7,10-13,19,24-26H,5,8-9H2,1H3/t19-,24+,25-,26+/m1/s1. The van der Waals surface area contributed by atoms with Crippen molar-refractivity contribution in [3.63, 3.8) is 0 Å². The molecule has 7 heteroatoms. The molecule has 1 aromatic heterocycles. The minimum Gasteiger partial charge on any atom is -0.425 e. The number of allylic oxidation sites excluding steroid dienone is 1. The molecule has 0 spiro atoms. The summed E-state index contributed by atoms with van der Waals surface area (Å²) in [6.07, 6.45) is 4.59. The Balaban J connectivity index is 1.42. The molecule has 3 aromatic rings. The molecule has 0 radical (unpaired) electrons. The summed E-state index contributed by atoms with van der Waals surface area (Å²) in [7, 11) is 0. The Morgan fingerprint density at radius 3 is 2.59 bits per heavy atom. The Morgan fingerprint density at radius 1 is 1.03 bits per heavy atom. The van der Waals surface area contributed by atoms with Gasteiger partial charge in [-0.05, 0) is 54.5 Å². The highest BCUT2D eigenvalue weighted by molar-refractivity contribution is 7.17. The summed E-state index contributed by atoms with van der Waals surface area (Å²) in [6.45, 7) is 1.93. The van der Waals surface area contributed by atoms with Crippen molar-refractivity contribution in [2.75, 3.05) is 4.90 Å². The quantitative estimate of drug-likeness (QED) is 0.279. The maximum absolute atomic E-state index is 14.2. The van der Waals surface area contributed by atoms with Crippen molar-refractivity contribution in [2.24, 2.45) is 17.8 Å². The third-order valence-corrected chi connectivity index (χ3v) is 9.43. The summed E-state index contributed by atoms with van der Waals surface area (Å²) < 4.78 is 5.74. The average molecular weight is 507 g/mol. The predicted molar refractivity (Wildman–Crippen MR) is 138 cm³/mol. The molecule has 0 N–H and O–H groups in total. The van der Waals surface area contributed by atoms with Gasteiger partial charge in [-0.25, -0.2) is 4.90 Å². The van der Waals surface area contributed by atoms with E-state index in [1.54, 1.807) is 0 Å². The van der Waals surface area contributed by atoms with Crippen molar-refractivity contribution in [1.82, 2.24) is 0 Å². The minimum atomic E-state index is -0.900. The molecular weight excluding hydrogens is 484 g/mol. The first-order valence-corrected chi connectivity index (χ1v) is 13.3. The maximum atomic E-state index is 14.2. The second-order valence-corrected chi connectivity index (χ2v) is 11.3. The monoisotopic (exact) mass is 506 g/mol. The van der Waals surface area contributed by atoms with Crippen LogP contribution >= 0.6 is 11.3 Å². The van der Waals surface area contributed by atoms with Gasteiger partial charge in [0.15, 0.2) is 0 Å². The smallest absolute Gasteiger partial charge is 0.319 e. The molecule has 4 aliphatic rings. The number of anilines is 1. The van der Waals surface area contributed by atoms with E-state index < -0.39 is 35.5 Å². The van der Waals surface area contributed by atoms with Gasteiger partial charge in [0.1, 0.15) is 16.8 Å². The van der Waals surface area contributed by atoms with Crippen LogP contribution in [-0.4, -0.2) is 17.8 Å². The highest BCUT2D eigenvalue weighted by Gasteiger charge is 2.61. The van der Waals surface area contributed by atoms with Crippen molar-refractivity contribution < 1.29 is 19.1 Å². The molecule has 1 saturated heterocycles. The van der Waals surface area contributed by atoms with Crippen LogP contribution in [0.2, 0.25) is 0 Å². The van der Waals surface area contributed by atoms with Crippen molar-refractivity contribution in [2.45, 2.75) is 32.1 Å². The molecule has 2 amide bonds. The van der Waals surface area contributed by atoms with Gasteiger partial charge >= 0.3 is 5.97 Å². The van der Waals surface area contributed by atoms with Crippen LogP contribution in [0.15, 0.2) is 54.6 Å². The maximum Gasteiger partial charge on any atom is 0.319 e. The number of rotatable bonds is 2. The van der Waals surface area contributed by atoms with Gasteiger partial charge in [0, 0.05) is 16.4 Å². The molecule has 0 saturated carbocycles. The molecule has 0 unspecified atom stereocenters. The Hall–Kier alpha value is -4.02. The van der Waals surface area contributed by atoms with Gasteiger partial charge in [-0.3, -0.25) is 14.4 Å². The number of amides is 2. The van der Waals surface area contributed by atoms with Crippen LogP contribution in [0.4, 0.5) is 5.00 Å². The van der Waals surface area contributed by atoms with E-state index >= 15 is 0 Å². The molecule has 7 rings (SSSR count). The second kappa shape index (κ2) is 7.99. The summed E-state index contributed by atoms with van der Waals surface area (Å²) >= 11 is 1.37. The van der Waals surface area contributed by atoms with Crippen LogP contribution in [0.25, 0.3) is 5.57 Å². The number of ether oxygens (including phenoxy) is 1. The number of fused-ring (bicyclic) bond motifs is 6. The lowest BCUT2D eigenvalue weighted by Crippen LogP contribution is -2.42. The highest BCUT2D eigenvalue weighted by atomic mass is 32.1. The first-order valence-electron chi connectivity index (χ1n) is 12.5. The van der Waals surface area contributed by atoms with Crippen LogP contribution in [-0.2, 0) is 27.2 Å². The van der Waals surface area contributed by atoms with Crippen LogP contribution in [0.1, 0.15) is 45.0 Å². The molecule has 37 heavy (non-hydrogen) atoms. The summed E-state index contributed by atoms with van der Waals surface area (Å²) in [4.78, 5) is 44.0. The largest absolute Gasteiger partial charge is 0.425 e. The molecule has 182 valence electrons. The van der Waals surface area contributed by atoms with Gasteiger partial charge in [0.05, 0.1) is 23.3 Å². The fourth-order valence-electron chi connectivity index (χ4n) is 6.53. The summed E-state index contributed by atoms with van der Waals surface area (Å²) in [6, 6.07) is 17.6. The first kappa shape index (κ1) is 22.2. The van der Waals surface area contributed by atoms with Crippen molar-refractivity contribution >= 4 is 39.7 Å². The number of esters is 1. The number of thiophene rings is 1. The lowest BCUT2D eigenvalue weighted by molar-refractivity contribution is -0.142. The molecule has 4 atom stereocenters. The molecule has 6 nitrogen and oxygen atoms in total. The number of hydrogen-bond acceptors (Lipinski definition) is 6. The van der Waals surface area contributed by atoms with Gasteiger partial charge in [0.2, 0.25) is 11.8 Å². The molecule has 2 aliphatic heterocycles. The number of nitriles is 1. The van der Waals surface area contributed by atoms with E-state index in [0.717, 1.165) is 52.0 Å². The zero-order valence-corrected chi connectivity index (χ0v) is 20.9. The molecule has 2 aromatic carbocycles. The molecule has 3 heterocycles. The van der Waals surface area contributed by atoms with E-state index in [-0.39, 0.29) is 5.91 Å². The topological polar surface area (TPSA) is 87.5 Å². The summed E-state index contributed by atoms with van der Waals surface area (Å²) in [5.41, 5.74) is 4.77. The van der Waals surface area contributed by atoms with Crippen molar-refractivity contribution in [1.29, 1.82) is 5.26 Å². The van der Waals surface area contributed by atoms with E-state index in [0.29, 0.717) is 16.3 Å². The fourth-order valence-corrected chi connectivity index (χ4v) is 7.88. The van der Waals surface area contributed by atoms with E-state index in [2.05, 4.69) is 6.07 Å². The number of carbonyl (C=O) groups is 3. The fraction of sp³-hybridized carbons (Fsp3) is 0.267. The van der Waals surface area contributed by atoms with E-state index in [9.17, 15) is 19.6 Å². The third-order valence-electron chi connectivity index (χ3n) is 8.15. The zero-order chi connectivity index (χ0) is 25.4. The Kier molecular flexibility index (Phi) is 4.79. The highest BCUT2D eigenvalue weighted by Crippen LogP contribution is 2.56. The van der Waals surface area contributed by atoms with Crippen LogP contribution in [0, 0.1) is 36.0 Å². The second-order valence-electron chi connectivity index (χ2n) is 10.2. The summed E-state index contributed by atoms with van der Waals surface area (Å²) in [5.74, 6) is -3.73. The first-order chi connectivity index (χ1) is 18.0. The number of imide groups is 1. The molecule has 0 bridgehead atoms. The van der Waals surface area contributed by atoms with E-state index in [1.807, 2.05) is 61.5 Å². The predicted octanol–water partition coefficient (Wildman–Crippen LogP) is 4.94. The van der Waals surface area contributed by atoms with Gasteiger partial charge in [0.25, 0.3) is 0 Å². The number of nitrogens with zero attached hydrogens (tertiary/aromatic N) is 2. The number of hydrogen-bond donors (Lipinski definition) is 0. The Labute approximate surface area is 217 Å². The molecule has 2 aliphatic carbocycles. The van der Waals surface area contributed by atoms with Gasteiger partial charge in [-0.15, -0.1) is 11.3 Å². The zero-order valence-electron chi connectivity index (χ0n) is 20.1. The van der Waals surface area contributed by atoms with Gasteiger partial charge in [-0.1, -0.05) is 48.5 Å². The van der Waals surface area contributed by atoms with Crippen LogP contribution in [0.3, 0.4) is 0 Å². The minimum absolute atomic E-state index is 0.349. The lowest BCUT2D eigenvalue weighted by atomic mass is 9.64. The molecular formula is C30H22N2O4S. The Morgan fingerprint density at radius 2 is 1.81 bits per heavy atom. The molecule has 1 fully saturated rings. The van der Waals surface area contributed by atoms with Gasteiger partial charge < -0.3 is 4.74 Å². The third kappa shape index (κ3) is 3.06. The van der Waals surface area contributed by atoms with Crippen LogP contribution < -0.4 is 9.64 Å². The number of carbonyl (C=O) groups excluding carboxylic acids is 3. The van der Waals surface area contributed by atoms with Crippen molar-refractivity contribution in [3.05, 3.63) is 87.3 Å². The lowest BCUT2D eigenvalue weighted by Gasteiger charge is -2.38. The Bertz CT molecular complexity index is 1600.